The summed E-state index contributed by atoms with van der Waals surface area (Å²) in [6.07, 6.45) is 0. The van der Waals surface area contributed by atoms with E-state index in [4.69, 9.17) is 5.73 Å². The summed E-state index contributed by atoms with van der Waals surface area (Å²) < 4.78 is 40.3. The Morgan fingerprint density at radius 2 is 1.56 bits per heavy atom. The minimum absolute atomic E-state index is 0.00308. The molecule has 3 N–H and O–H groups in total. The Kier molecular flexibility index (Phi) is 3.47. The Bertz CT molecular complexity index is 602. The SMILES string of the molecule is Nc1ccc(Nc2cc(F)c(Br)cc2F)c(F)c1. The molecule has 0 saturated carbocycles. The largest absolute Gasteiger partial charge is 0.399 e. The molecule has 94 valence electrons. The van der Waals surface area contributed by atoms with Crippen LogP contribution in [0.1, 0.15) is 0 Å². The van der Waals surface area contributed by atoms with E-state index in [-0.39, 0.29) is 21.5 Å². The molecular weight excluding hydrogens is 309 g/mol. The predicted molar refractivity (Wildman–Crippen MR) is 68.2 cm³/mol. The molecule has 0 radical (unpaired) electrons. The topological polar surface area (TPSA) is 38.0 Å². The minimum Gasteiger partial charge on any atom is -0.399 e. The zero-order valence-electron chi connectivity index (χ0n) is 8.98. The van der Waals surface area contributed by atoms with Gasteiger partial charge >= 0.3 is 0 Å². The first kappa shape index (κ1) is 12.8. The summed E-state index contributed by atoms with van der Waals surface area (Å²) in [7, 11) is 0. The van der Waals surface area contributed by atoms with Crippen molar-refractivity contribution in [2.75, 3.05) is 11.1 Å². The molecular formula is C12H8BrF3N2. The molecule has 0 atom stereocenters. The van der Waals surface area contributed by atoms with Gasteiger partial charge in [0.05, 0.1) is 15.8 Å². The minimum atomic E-state index is -0.695. The first-order valence-corrected chi connectivity index (χ1v) is 5.73. The van der Waals surface area contributed by atoms with Gasteiger partial charge in [0.25, 0.3) is 0 Å². The van der Waals surface area contributed by atoms with E-state index in [0.717, 1.165) is 18.2 Å². The Morgan fingerprint density at radius 1 is 0.889 bits per heavy atom. The van der Waals surface area contributed by atoms with Crippen molar-refractivity contribution in [2.45, 2.75) is 0 Å². The quantitative estimate of drug-likeness (QED) is 0.644. The van der Waals surface area contributed by atoms with Crippen molar-refractivity contribution in [3.8, 4) is 0 Å². The van der Waals surface area contributed by atoms with Crippen LogP contribution >= 0.6 is 15.9 Å². The van der Waals surface area contributed by atoms with E-state index in [0.29, 0.717) is 0 Å². The van der Waals surface area contributed by atoms with Crippen molar-refractivity contribution in [1.82, 2.24) is 0 Å². The molecule has 6 heteroatoms. The van der Waals surface area contributed by atoms with E-state index in [1.807, 2.05) is 0 Å². The van der Waals surface area contributed by atoms with Gasteiger partial charge in [0.2, 0.25) is 0 Å². The van der Waals surface area contributed by atoms with Crippen molar-refractivity contribution < 1.29 is 13.2 Å². The summed E-state index contributed by atoms with van der Waals surface area (Å²) in [6, 6.07) is 5.81. The van der Waals surface area contributed by atoms with Gasteiger partial charge in [0.15, 0.2) is 0 Å². The van der Waals surface area contributed by atoms with Gasteiger partial charge in [-0.2, -0.15) is 0 Å². The first-order chi connectivity index (χ1) is 8.47. The molecule has 0 aromatic heterocycles. The average molecular weight is 317 g/mol. The predicted octanol–water partition coefficient (Wildman–Crippen LogP) is 4.19. The second-order valence-corrected chi connectivity index (χ2v) is 4.46. The third kappa shape index (κ3) is 2.59. The average Bonchev–Trinajstić information content (AvgIpc) is 2.29. The molecule has 0 unspecified atom stereocenters. The van der Waals surface area contributed by atoms with E-state index in [2.05, 4.69) is 21.2 Å². The maximum atomic E-state index is 13.5. The highest BCUT2D eigenvalue weighted by Crippen LogP contribution is 2.27. The van der Waals surface area contributed by atoms with Crippen LogP contribution in [0.5, 0.6) is 0 Å². The van der Waals surface area contributed by atoms with E-state index in [1.54, 1.807) is 0 Å². The molecule has 2 nitrogen and oxygen atoms in total. The van der Waals surface area contributed by atoms with Gasteiger partial charge in [0.1, 0.15) is 17.5 Å². The Hall–Kier alpha value is -1.69. The maximum Gasteiger partial charge on any atom is 0.148 e. The van der Waals surface area contributed by atoms with E-state index < -0.39 is 17.5 Å². The number of hydrogen-bond donors (Lipinski definition) is 2. The van der Waals surface area contributed by atoms with E-state index >= 15 is 0 Å². The summed E-state index contributed by atoms with van der Waals surface area (Å²) in [5.74, 6) is -1.98. The van der Waals surface area contributed by atoms with Crippen LogP contribution in [-0.2, 0) is 0 Å². The summed E-state index contributed by atoms with van der Waals surface area (Å²) in [5.41, 5.74) is 5.50. The van der Waals surface area contributed by atoms with Crippen LogP contribution in [0.3, 0.4) is 0 Å². The van der Waals surface area contributed by atoms with Gasteiger partial charge in [-0.15, -0.1) is 0 Å². The third-order valence-electron chi connectivity index (χ3n) is 2.27. The van der Waals surface area contributed by atoms with Crippen LogP contribution in [0.25, 0.3) is 0 Å². The lowest BCUT2D eigenvalue weighted by molar-refractivity contribution is 0.597. The smallest absolute Gasteiger partial charge is 0.148 e. The molecule has 0 aliphatic heterocycles. The molecule has 18 heavy (non-hydrogen) atoms. The molecule has 0 bridgehead atoms. The zero-order valence-corrected chi connectivity index (χ0v) is 10.6. The highest BCUT2D eigenvalue weighted by molar-refractivity contribution is 9.10. The summed E-state index contributed by atoms with van der Waals surface area (Å²) >= 11 is 2.86. The van der Waals surface area contributed by atoms with Crippen LogP contribution in [0.15, 0.2) is 34.8 Å². The Labute approximate surface area is 110 Å². The van der Waals surface area contributed by atoms with Crippen molar-refractivity contribution in [2.24, 2.45) is 0 Å². The number of nitrogen functional groups attached to an aromatic ring is 1. The number of hydrogen-bond acceptors (Lipinski definition) is 2. The lowest BCUT2D eigenvalue weighted by atomic mass is 10.2. The van der Waals surface area contributed by atoms with Gasteiger partial charge in [-0.25, -0.2) is 13.2 Å². The van der Waals surface area contributed by atoms with Crippen molar-refractivity contribution in [1.29, 1.82) is 0 Å². The third-order valence-corrected chi connectivity index (χ3v) is 2.88. The lowest BCUT2D eigenvalue weighted by Gasteiger charge is -2.09. The van der Waals surface area contributed by atoms with E-state index in [9.17, 15) is 13.2 Å². The monoisotopic (exact) mass is 316 g/mol. The van der Waals surface area contributed by atoms with Gasteiger partial charge in [-0.1, -0.05) is 0 Å². The number of halogens is 4. The van der Waals surface area contributed by atoms with Gasteiger partial charge in [0, 0.05) is 11.8 Å². The summed E-state index contributed by atoms with van der Waals surface area (Å²) in [4.78, 5) is 0. The van der Waals surface area contributed by atoms with Gasteiger partial charge in [-0.3, -0.25) is 0 Å². The fourth-order valence-electron chi connectivity index (χ4n) is 1.40. The molecule has 2 aromatic rings. The van der Waals surface area contributed by atoms with Crippen molar-refractivity contribution in [3.05, 3.63) is 52.3 Å². The fourth-order valence-corrected chi connectivity index (χ4v) is 1.71. The lowest BCUT2D eigenvalue weighted by Crippen LogP contribution is -1.98. The molecule has 0 fully saturated rings. The standard InChI is InChI=1S/C12H8BrF3N2/c13-7-4-10(16)12(5-8(7)14)18-11-2-1-6(17)3-9(11)15/h1-5,18H,17H2. The number of benzene rings is 2. The molecule has 0 aliphatic carbocycles. The van der Waals surface area contributed by atoms with E-state index in [1.165, 1.54) is 12.1 Å². The van der Waals surface area contributed by atoms with Crippen molar-refractivity contribution in [3.63, 3.8) is 0 Å². The number of nitrogens with two attached hydrogens (primary N) is 1. The van der Waals surface area contributed by atoms with Crippen LogP contribution in [0, 0.1) is 17.5 Å². The molecule has 0 heterocycles. The zero-order chi connectivity index (χ0) is 13.3. The highest BCUT2D eigenvalue weighted by Gasteiger charge is 2.10. The van der Waals surface area contributed by atoms with Gasteiger partial charge < -0.3 is 11.1 Å². The molecule has 0 spiro atoms. The molecule has 0 amide bonds. The summed E-state index contributed by atoms with van der Waals surface area (Å²) in [6.45, 7) is 0. The number of rotatable bonds is 2. The maximum absolute atomic E-state index is 13.5. The van der Waals surface area contributed by atoms with Crippen LogP contribution in [-0.4, -0.2) is 0 Å². The number of anilines is 3. The molecule has 2 aromatic carbocycles. The molecule has 2 rings (SSSR count). The normalized spacial score (nSPS) is 10.4. The van der Waals surface area contributed by atoms with Crippen molar-refractivity contribution >= 4 is 33.0 Å². The Morgan fingerprint density at radius 3 is 2.22 bits per heavy atom. The van der Waals surface area contributed by atoms with Crippen LogP contribution < -0.4 is 11.1 Å². The van der Waals surface area contributed by atoms with Crippen LogP contribution in [0.2, 0.25) is 0 Å². The Balaban J connectivity index is 2.37. The number of nitrogens with one attached hydrogen (secondary N) is 1. The summed E-state index contributed by atoms with van der Waals surface area (Å²) in [5, 5.41) is 2.47. The van der Waals surface area contributed by atoms with Gasteiger partial charge in [-0.05, 0) is 40.2 Å². The fraction of sp³-hybridized carbons (Fsp3) is 0. The first-order valence-electron chi connectivity index (χ1n) is 4.94. The second-order valence-electron chi connectivity index (χ2n) is 3.61. The molecule has 0 aliphatic rings. The second kappa shape index (κ2) is 4.89. The van der Waals surface area contributed by atoms with Crippen LogP contribution in [0.4, 0.5) is 30.2 Å². The highest BCUT2D eigenvalue weighted by atomic mass is 79.9. The molecule has 0 saturated heterocycles.